The number of benzene rings is 1. The van der Waals surface area contributed by atoms with Crippen molar-refractivity contribution in [3.63, 3.8) is 0 Å². The summed E-state index contributed by atoms with van der Waals surface area (Å²) in [6.07, 6.45) is 2.27. The number of nitrogens with zero attached hydrogens (tertiary/aromatic N) is 2. The quantitative estimate of drug-likeness (QED) is 0.235. The summed E-state index contributed by atoms with van der Waals surface area (Å²) >= 11 is 0. The van der Waals surface area contributed by atoms with Gasteiger partial charge in [0.05, 0.1) is 29.0 Å². The van der Waals surface area contributed by atoms with Crippen LogP contribution >= 0.6 is 0 Å². The van der Waals surface area contributed by atoms with Crippen molar-refractivity contribution < 1.29 is 23.9 Å². The molecular formula is C30H30N2O6. The maximum atomic E-state index is 13.6. The van der Waals surface area contributed by atoms with E-state index in [0.717, 1.165) is 22.0 Å². The molecule has 0 amide bonds. The summed E-state index contributed by atoms with van der Waals surface area (Å²) in [5.41, 5.74) is 2.60. The monoisotopic (exact) mass is 514 g/mol. The summed E-state index contributed by atoms with van der Waals surface area (Å²) < 4.78 is 12.9. The Hall–Kier alpha value is -4.07. The molecule has 196 valence electrons. The Balaban J connectivity index is 1.45. The molecule has 2 aromatic heterocycles. The molecule has 3 aromatic rings. The van der Waals surface area contributed by atoms with Gasteiger partial charge in [0.25, 0.3) is 5.56 Å². The van der Waals surface area contributed by atoms with Gasteiger partial charge in [-0.3, -0.25) is 9.59 Å². The molecule has 0 N–H and O–H groups in total. The number of ether oxygens (including phenoxy) is 2. The van der Waals surface area contributed by atoms with E-state index in [-0.39, 0.29) is 30.8 Å². The van der Waals surface area contributed by atoms with E-state index >= 15 is 0 Å². The third-order valence-corrected chi connectivity index (χ3v) is 7.41. The topological polar surface area (TPSA) is 105 Å². The molecule has 0 saturated carbocycles. The number of pyridine rings is 2. The van der Waals surface area contributed by atoms with Gasteiger partial charge < -0.3 is 18.8 Å². The second kappa shape index (κ2) is 10.0. The molecule has 2 aliphatic rings. The molecule has 0 unspecified atom stereocenters. The van der Waals surface area contributed by atoms with Gasteiger partial charge in [0.15, 0.2) is 0 Å². The number of ketones is 1. The molecule has 0 radical (unpaired) electrons. The third kappa shape index (κ3) is 4.44. The number of Topliss-reactive ketones (excluding diaryl/α,β-unsaturated/α-hetero) is 1. The SMILES string of the molecule is C=C(CCCC(=O)O[C@]1(CC)C(=O)OCc2c1cc1n(c2=O)Cc2cc3ccccc3nc2-1)CCC(C)=O. The van der Waals surface area contributed by atoms with Crippen molar-refractivity contribution in [3.05, 3.63) is 75.6 Å². The van der Waals surface area contributed by atoms with E-state index in [1.165, 1.54) is 6.92 Å². The van der Waals surface area contributed by atoms with Crippen molar-refractivity contribution in [1.82, 2.24) is 9.55 Å². The number of cyclic esters (lactones) is 1. The number of esters is 2. The highest BCUT2D eigenvalue weighted by Crippen LogP contribution is 2.41. The lowest BCUT2D eigenvalue weighted by atomic mass is 9.85. The summed E-state index contributed by atoms with van der Waals surface area (Å²) in [7, 11) is 0. The fourth-order valence-electron chi connectivity index (χ4n) is 5.29. The van der Waals surface area contributed by atoms with Gasteiger partial charge in [-0.05, 0) is 50.8 Å². The number of para-hydroxylation sites is 1. The van der Waals surface area contributed by atoms with E-state index in [1.54, 1.807) is 17.6 Å². The van der Waals surface area contributed by atoms with Crippen LogP contribution in [-0.2, 0) is 42.6 Å². The summed E-state index contributed by atoms with van der Waals surface area (Å²) in [4.78, 5) is 55.7. The van der Waals surface area contributed by atoms with Crippen LogP contribution in [-0.4, -0.2) is 27.3 Å². The molecule has 8 heteroatoms. The Bertz CT molecular complexity index is 1550. The summed E-state index contributed by atoms with van der Waals surface area (Å²) in [5.74, 6) is -1.14. The fraction of sp³-hybridized carbons (Fsp3) is 0.367. The Morgan fingerprint density at radius 2 is 1.92 bits per heavy atom. The summed E-state index contributed by atoms with van der Waals surface area (Å²) in [5, 5.41) is 0.983. The molecule has 4 heterocycles. The first-order valence-electron chi connectivity index (χ1n) is 12.9. The standard InChI is InChI=1S/C30H30N2O6/c1-4-30(38-26(34)11-7-8-18(2)12-13-19(3)33)23-15-25-27-21(14-20-9-5-6-10-24(20)31-27)16-32(25)28(35)22(23)17-37-29(30)36/h5-6,9-10,14-15H,2,4,7-8,11-13,16-17H2,1,3H3/t30-/m0/s1. The molecule has 1 atom stereocenters. The largest absolute Gasteiger partial charge is 0.457 e. The fourth-order valence-corrected chi connectivity index (χ4v) is 5.29. The minimum absolute atomic E-state index is 0.0732. The molecule has 0 spiro atoms. The number of rotatable bonds is 9. The van der Waals surface area contributed by atoms with E-state index in [0.29, 0.717) is 54.7 Å². The number of aromatic nitrogens is 2. The van der Waals surface area contributed by atoms with E-state index in [4.69, 9.17) is 14.5 Å². The molecule has 0 aliphatic carbocycles. The summed E-state index contributed by atoms with van der Waals surface area (Å²) in [6.45, 7) is 7.44. The van der Waals surface area contributed by atoms with Crippen LogP contribution in [0.3, 0.4) is 0 Å². The number of hydrogen-bond acceptors (Lipinski definition) is 7. The van der Waals surface area contributed by atoms with Crippen LogP contribution in [0.25, 0.3) is 22.3 Å². The number of fused-ring (bicyclic) bond motifs is 5. The number of hydrogen-bond donors (Lipinski definition) is 0. The zero-order valence-corrected chi connectivity index (χ0v) is 21.7. The van der Waals surface area contributed by atoms with E-state index < -0.39 is 17.5 Å². The molecule has 0 saturated heterocycles. The van der Waals surface area contributed by atoms with E-state index in [1.807, 2.05) is 30.3 Å². The predicted octanol–water partition coefficient (Wildman–Crippen LogP) is 4.73. The van der Waals surface area contributed by atoms with E-state index in [9.17, 15) is 19.2 Å². The third-order valence-electron chi connectivity index (χ3n) is 7.41. The highest BCUT2D eigenvalue weighted by molar-refractivity contribution is 5.88. The van der Waals surface area contributed by atoms with Crippen molar-refractivity contribution in [2.75, 3.05) is 0 Å². The van der Waals surface area contributed by atoms with E-state index in [2.05, 4.69) is 6.58 Å². The van der Waals surface area contributed by atoms with Gasteiger partial charge in [0, 0.05) is 29.4 Å². The maximum absolute atomic E-state index is 13.6. The highest BCUT2D eigenvalue weighted by atomic mass is 16.6. The number of allylic oxidation sites excluding steroid dienone is 1. The van der Waals surface area contributed by atoms with Gasteiger partial charge in [0.1, 0.15) is 12.4 Å². The van der Waals surface area contributed by atoms with Crippen LogP contribution in [0.15, 0.2) is 53.3 Å². The smallest absolute Gasteiger partial charge is 0.355 e. The molecule has 8 nitrogen and oxygen atoms in total. The minimum atomic E-state index is -1.70. The predicted molar refractivity (Wildman–Crippen MR) is 141 cm³/mol. The Morgan fingerprint density at radius 3 is 2.68 bits per heavy atom. The van der Waals surface area contributed by atoms with Crippen LogP contribution < -0.4 is 5.56 Å². The van der Waals surface area contributed by atoms with Crippen LogP contribution in [0.4, 0.5) is 0 Å². The second-order valence-corrected chi connectivity index (χ2v) is 10.0. The lowest BCUT2D eigenvalue weighted by Gasteiger charge is -2.35. The van der Waals surface area contributed by atoms with Crippen LogP contribution in [0, 0.1) is 0 Å². The zero-order chi connectivity index (χ0) is 27.0. The lowest BCUT2D eigenvalue weighted by Crippen LogP contribution is -2.47. The molecule has 0 bridgehead atoms. The normalized spacial score (nSPS) is 17.4. The van der Waals surface area contributed by atoms with Gasteiger partial charge in [0.2, 0.25) is 5.60 Å². The van der Waals surface area contributed by atoms with Crippen molar-refractivity contribution >= 4 is 28.6 Å². The average molecular weight is 515 g/mol. The molecule has 1 aromatic carbocycles. The Morgan fingerprint density at radius 1 is 1.13 bits per heavy atom. The minimum Gasteiger partial charge on any atom is -0.457 e. The van der Waals surface area contributed by atoms with Gasteiger partial charge >= 0.3 is 11.9 Å². The maximum Gasteiger partial charge on any atom is 0.355 e. The Labute approximate surface area is 220 Å². The highest BCUT2D eigenvalue weighted by Gasteiger charge is 2.50. The number of carbonyl (C=O) groups excluding carboxylic acids is 3. The van der Waals surface area contributed by atoms with Gasteiger partial charge in [-0.15, -0.1) is 0 Å². The average Bonchev–Trinajstić information content (AvgIpc) is 3.25. The van der Waals surface area contributed by atoms with Crippen LogP contribution in [0.5, 0.6) is 0 Å². The molecular weight excluding hydrogens is 484 g/mol. The lowest BCUT2D eigenvalue weighted by molar-refractivity contribution is -0.189. The first-order chi connectivity index (χ1) is 18.2. The first-order valence-corrected chi connectivity index (χ1v) is 12.9. The summed E-state index contributed by atoms with van der Waals surface area (Å²) in [6, 6.07) is 11.5. The van der Waals surface area contributed by atoms with Crippen molar-refractivity contribution in [2.24, 2.45) is 0 Å². The van der Waals surface area contributed by atoms with Gasteiger partial charge in [-0.1, -0.05) is 37.3 Å². The molecule has 2 aliphatic heterocycles. The van der Waals surface area contributed by atoms with Crippen molar-refractivity contribution in [1.29, 1.82) is 0 Å². The molecule has 0 fully saturated rings. The molecule has 5 rings (SSSR count). The Kier molecular flexibility index (Phi) is 6.73. The van der Waals surface area contributed by atoms with Crippen molar-refractivity contribution in [3.8, 4) is 11.4 Å². The zero-order valence-electron chi connectivity index (χ0n) is 21.7. The van der Waals surface area contributed by atoms with Gasteiger partial charge in [-0.2, -0.15) is 0 Å². The second-order valence-electron chi connectivity index (χ2n) is 10.0. The molecule has 38 heavy (non-hydrogen) atoms. The van der Waals surface area contributed by atoms with Crippen molar-refractivity contribution in [2.45, 2.75) is 71.1 Å². The number of carbonyl (C=O) groups is 3. The van der Waals surface area contributed by atoms with Crippen LogP contribution in [0.2, 0.25) is 0 Å². The first kappa shape index (κ1) is 25.6. The van der Waals surface area contributed by atoms with Crippen LogP contribution in [0.1, 0.15) is 69.1 Å². The van der Waals surface area contributed by atoms with Gasteiger partial charge in [-0.25, -0.2) is 9.78 Å².